The van der Waals surface area contributed by atoms with Gasteiger partial charge in [0.05, 0.1) is 11.3 Å². The summed E-state index contributed by atoms with van der Waals surface area (Å²) in [6.45, 7) is 5.52. The van der Waals surface area contributed by atoms with Crippen molar-refractivity contribution >= 4 is 16.3 Å². The lowest BCUT2D eigenvalue weighted by Gasteiger charge is -2.21. The lowest BCUT2D eigenvalue weighted by atomic mass is 9.95. The molecule has 1 N–H and O–H groups in total. The zero-order valence-electron chi connectivity index (χ0n) is 9.39. The van der Waals surface area contributed by atoms with Crippen molar-refractivity contribution in [1.82, 2.24) is 9.38 Å². The highest BCUT2D eigenvalue weighted by Gasteiger charge is 2.21. The Bertz CT molecular complexity index is 455. The first kappa shape index (κ1) is 11.4. The molecule has 0 aromatic carbocycles. The number of rotatable bonds is 5. The van der Waals surface area contributed by atoms with Gasteiger partial charge in [0, 0.05) is 24.2 Å². The van der Waals surface area contributed by atoms with Gasteiger partial charge >= 0.3 is 0 Å². The summed E-state index contributed by atoms with van der Waals surface area (Å²) in [5.74, 6) is 0. The maximum atomic E-state index is 10.2. The minimum absolute atomic E-state index is 0.593. The number of imidazole rings is 1. The van der Waals surface area contributed by atoms with E-state index in [9.17, 15) is 5.11 Å². The molecule has 0 spiro atoms. The van der Waals surface area contributed by atoms with E-state index in [4.69, 9.17) is 0 Å². The van der Waals surface area contributed by atoms with Crippen LogP contribution in [0.1, 0.15) is 25.5 Å². The van der Waals surface area contributed by atoms with Gasteiger partial charge in [0.2, 0.25) is 0 Å². The topological polar surface area (TPSA) is 37.5 Å². The Kier molecular flexibility index (Phi) is 3.12. The first-order valence-electron chi connectivity index (χ1n) is 5.35. The van der Waals surface area contributed by atoms with Crippen molar-refractivity contribution in [1.29, 1.82) is 0 Å². The molecule has 1 unspecified atom stereocenters. The fourth-order valence-electron chi connectivity index (χ4n) is 1.75. The van der Waals surface area contributed by atoms with Crippen LogP contribution in [0.5, 0.6) is 0 Å². The Hall–Kier alpha value is -1.13. The van der Waals surface area contributed by atoms with Crippen molar-refractivity contribution < 1.29 is 5.11 Å². The Balaban J connectivity index is 2.08. The Morgan fingerprint density at radius 3 is 3.19 bits per heavy atom. The molecule has 2 heterocycles. The Morgan fingerprint density at radius 1 is 1.69 bits per heavy atom. The molecule has 0 amide bonds. The van der Waals surface area contributed by atoms with Crippen molar-refractivity contribution in [3.8, 4) is 0 Å². The highest BCUT2D eigenvalue weighted by molar-refractivity contribution is 7.15. The van der Waals surface area contributed by atoms with E-state index in [1.165, 1.54) is 0 Å². The van der Waals surface area contributed by atoms with Crippen LogP contribution in [-0.4, -0.2) is 20.1 Å². The third-order valence-corrected chi connectivity index (χ3v) is 3.36. The summed E-state index contributed by atoms with van der Waals surface area (Å²) < 4.78 is 1.99. The summed E-state index contributed by atoms with van der Waals surface area (Å²) in [5.41, 5.74) is 0.249. The van der Waals surface area contributed by atoms with Gasteiger partial charge in [-0.25, -0.2) is 4.98 Å². The molecule has 0 bridgehead atoms. The number of aliphatic hydroxyl groups is 1. The molecule has 0 saturated carbocycles. The SMILES string of the molecule is C=CCCC(C)(O)Cc1cn2ccsc2n1. The van der Waals surface area contributed by atoms with Crippen LogP contribution in [-0.2, 0) is 6.42 Å². The summed E-state index contributed by atoms with van der Waals surface area (Å²) in [7, 11) is 0. The van der Waals surface area contributed by atoms with Crippen LogP contribution in [0.3, 0.4) is 0 Å². The van der Waals surface area contributed by atoms with Crippen molar-refractivity contribution in [3.63, 3.8) is 0 Å². The number of hydrogen-bond donors (Lipinski definition) is 1. The minimum atomic E-state index is -0.696. The van der Waals surface area contributed by atoms with Gasteiger partial charge in [-0.05, 0) is 19.8 Å². The standard InChI is InChI=1S/C12H16N2OS/c1-3-4-5-12(2,15)8-10-9-14-6-7-16-11(14)13-10/h3,6-7,9,15H,1,4-5,8H2,2H3. The molecule has 1 atom stereocenters. The van der Waals surface area contributed by atoms with Crippen molar-refractivity contribution in [2.24, 2.45) is 0 Å². The number of fused-ring (bicyclic) bond motifs is 1. The molecular formula is C12H16N2OS. The van der Waals surface area contributed by atoms with Gasteiger partial charge in [-0.3, -0.25) is 4.40 Å². The van der Waals surface area contributed by atoms with Crippen molar-refractivity contribution in [2.75, 3.05) is 0 Å². The monoisotopic (exact) mass is 236 g/mol. The second-order valence-electron chi connectivity index (χ2n) is 4.33. The highest BCUT2D eigenvalue weighted by atomic mass is 32.1. The first-order valence-corrected chi connectivity index (χ1v) is 6.23. The van der Waals surface area contributed by atoms with E-state index in [1.807, 2.05) is 35.2 Å². The smallest absolute Gasteiger partial charge is 0.193 e. The largest absolute Gasteiger partial charge is 0.390 e. The van der Waals surface area contributed by atoms with Crippen LogP contribution in [0.25, 0.3) is 4.96 Å². The average molecular weight is 236 g/mol. The van der Waals surface area contributed by atoms with E-state index < -0.39 is 5.60 Å². The molecule has 86 valence electrons. The second-order valence-corrected chi connectivity index (χ2v) is 5.20. The quantitative estimate of drug-likeness (QED) is 0.810. The van der Waals surface area contributed by atoms with Crippen LogP contribution < -0.4 is 0 Å². The predicted octanol–water partition coefficient (Wildman–Crippen LogP) is 2.66. The average Bonchev–Trinajstić information content (AvgIpc) is 2.74. The molecular weight excluding hydrogens is 220 g/mol. The molecule has 0 aliphatic carbocycles. The van der Waals surface area contributed by atoms with E-state index in [2.05, 4.69) is 11.6 Å². The molecule has 0 aliphatic rings. The molecule has 3 nitrogen and oxygen atoms in total. The van der Waals surface area contributed by atoms with Gasteiger partial charge in [-0.15, -0.1) is 17.9 Å². The lowest BCUT2D eigenvalue weighted by molar-refractivity contribution is 0.0515. The molecule has 4 heteroatoms. The summed E-state index contributed by atoms with van der Waals surface area (Å²) in [6.07, 6.45) is 7.94. The normalized spacial score (nSPS) is 15.1. The minimum Gasteiger partial charge on any atom is -0.390 e. The van der Waals surface area contributed by atoms with Gasteiger partial charge in [0.15, 0.2) is 4.96 Å². The van der Waals surface area contributed by atoms with Crippen LogP contribution in [0.15, 0.2) is 30.4 Å². The lowest BCUT2D eigenvalue weighted by Crippen LogP contribution is -2.26. The van der Waals surface area contributed by atoms with Gasteiger partial charge in [-0.1, -0.05) is 6.08 Å². The molecule has 0 fully saturated rings. The van der Waals surface area contributed by atoms with Crippen LogP contribution in [0.2, 0.25) is 0 Å². The number of aromatic nitrogens is 2. The van der Waals surface area contributed by atoms with Crippen molar-refractivity contribution in [2.45, 2.75) is 31.8 Å². The zero-order valence-corrected chi connectivity index (χ0v) is 10.2. The highest BCUT2D eigenvalue weighted by Crippen LogP contribution is 2.20. The molecule has 0 radical (unpaired) electrons. The van der Waals surface area contributed by atoms with Gasteiger partial charge in [-0.2, -0.15) is 0 Å². The molecule has 2 aromatic heterocycles. The molecule has 16 heavy (non-hydrogen) atoms. The Morgan fingerprint density at radius 2 is 2.50 bits per heavy atom. The van der Waals surface area contributed by atoms with Crippen molar-refractivity contribution in [3.05, 3.63) is 36.1 Å². The molecule has 0 saturated heterocycles. The molecule has 0 aliphatic heterocycles. The summed E-state index contributed by atoms with van der Waals surface area (Å²) in [4.78, 5) is 5.44. The maximum Gasteiger partial charge on any atom is 0.193 e. The first-order chi connectivity index (χ1) is 7.61. The van der Waals surface area contributed by atoms with E-state index in [0.29, 0.717) is 6.42 Å². The van der Waals surface area contributed by atoms with E-state index in [-0.39, 0.29) is 0 Å². The number of thiazole rings is 1. The van der Waals surface area contributed by atoms with E-state index in [0.717, 1.165) is 23.5 Å². The number of nitrogens with zero attached hydrogens (tertiary/aromatic N) is 2. The summed E-state index contributed by atoms with van der Waals surface area (Å²) in [6, 6.07) is 0. The molecule has 2 rings (SSSR count). The van der Waals surface area contributed by atoms with Gasteiger partial charge in [0.1, 0.15) is 0 Å². The number of allylic oxidation sites excluding steroid dienone is 1. The predicted molar refractivity (Wildman–Crippen MR) is 66.8 cm³/mol. The fourth-order valence-corrected chi connectivity index (χ4v) is 2.47. The van der Waals surface area contributed by atoms with Crippen LogP contribution >= 0.6 is 11.3 Å². The summed E-state index contributed by atoms with van der Waals surface area (Å²) >= 11 is 1.61. The second kappa shape index (κ2) is 4.39. The van der Waals surface area contributed by atoms with E-state index >= 15 is 0 Å². The fraction of sp³-hybridized carbons (Fsp3) is 0.417. The van der Waals surface area contributed by atoms with Gasteiger partial charge in [0.25, 0.3) is 0 Å². The van der Waals surface area contributed by atoms with Crippen LogP contribution in [0, 0.1) is 0 Å². The Labute approximate surface area is 99.1 Å². The number of hydrogen-bond acceptors (Lipinski definition) is 3. The third-order valence-electron chi connectivity index (χ3n) is 2.59. The summed E-state index contributed by atoms with van der Waals surface area (Å²) in [5, 5.41) is 12.2. The van der Waals surface area contributed by atoms with E-state index in [1.54, 1.807) is 11.3 Å². The van der Waals surface area contributed by atoms with Gasteiger partial charge < -0.3 is 5.11 Å². The zero-order chi connectivity index (χ0) is 11.6. The third kappa shape index (κ3) is 2.51. The maximum absolute atomic E-state index is 10.2. The molecule has 2 aromatic rings. The van der Waals surface area contributed by atoms with Crippen LogP contribution in [0.4, 0.5) is 0 Å².